The third kappa shape index (κ3) is 6.84. The number of rotatable bonds is 10. The summed E-state index contributed by atoms with van der Waals surface area (Å²) >= 11 is 0. The van der Waals surface area contributed by atoms with Crippen molar-refractivity contribution < 1.29 is 24.5 Å². The molecular formula is C31H37FN2O4. The number of halogens is 1. The number of aliphatic hydroxyl groups is 2. The molecule has 2 aromatic carbocycles. The molecule has 4 rings (SSSR count). The fourth-order valence-corrected chi connectivity index (χ4v) is 5.23. The van der Waals surface area contributed by atoms with E-state index in [1.807, 2.05) is 50.2 Å². The molecule has 1 aliphatic heterocycles. The largest absolute Gasteiger partial charge is 0.481 e. The van der Waals surface area contributed by atoms with Crippen molar-refractivity contribution in [2.24, 2.45) is 5.92 Å². The number of carboxylic acids is 1. The summed E-state index contributed by atoms with van der Waals surface area (Å²) in [6.45, 7) is 7.45. The summed E-state index contributed by atoms with van der Waals surface area (Å²) in [5.41, 5.74) is 6.87. The monoisotopic (exact) mass is 520 g/mol. The number of hydrogen-bond acceptors (Lipinski definition) is 5. The van der Waals surface area contributed by atoms with Gasteiger partial charge in [-0.2, -0.15) is 0 Å². The number of likely N-dealkylation sites (tertiary alicyclic amines) is 1. The van der Waals surface area contributed by atoms with Gasteiger partial charge in [-0.15, -0.1) is 0 Å². The van der Waals surface area contributed by atoms with Gasteiger partial charge in [-0.05, 0) is 79.0 Å². The number of benzene rings is 2. The molecule has 1 aliphatic rings. The first-order valence-electron chi connectivity index (χ1n) is 13.3. The normalized spacial score (nSPS) is 17.5. The maximum absolute atomic E-state index is 14.8. The molecule has 38 heavy (non-hydrogen) atoms. The minimum Gasteiger partial charge on any atom is -0.481 e. The molecule has 1 saturated heterocycles. The van der Waals surface area contributed by atoms with Crippen LogP contribution in [0, 0.1) is 25.6 Å². The van der Waals surface area contributed by atoms with E-state index in [4.69, 9.17) is 0 Å². The van der Waals surface area contributed by atoms with E-state index in [0.717, 1.165) is 45.6 Å². The van der Waals surface area contributed by atoms with E-state index in [1.165, 1.54) is 6.20 Å². The van der Waals surface area contributed by atoms with Crippen molar-refractivity contribution in [1.82, 2.24) is 9.88 Å². The number of aliphatic carboxylic acids is 1. The Hall–Kier alpha value is -3.13. The summed E-state index contributed by atoms with van der Waals surface area (Å²) in [5.74, 6) is -1.63. The van der Waals surface area contributed by atoms with Crippen LogP contribution in [-0.4, -0.2) is 50.4 Å². The molecule has 0 aliphatic carbocycles. The van der Waals surface area contributed by atoms with E-state index in [1.54, 1.807) is 13.0 Å². The predicted molar refractivity (Wildman–Crippen MR) is 145 cm³/mol. The fourth-order valence-electron chi connectivity index (χ4n) is 5.23. The van der Waals surface area contributed by atoms with Gasteiger partial charge in [-0.1, -0.05) is 43.3 Å². The van der Waals surface area contributed by atoms with Crippen LogP contribution in [0.1, 0.15) is 59.4 Å². The zero-order valence-electron chi connectivity index (χ0n) is 22.3. The SMILES string of the molecule is Cc1cc(-c2ccc(C(O)CCc3ccc(CC(C)C(=O)O)cc3C)cc2CN2CCC(O)C2)c(F)cn1. The Morgan fingerprint density at radius 3 is 2.61 bits per heavy atom. The highest BCUT2D eigenvalue weighted by Gasteiger charge is 2.23. The van der Waals surface area contributed by atoms with E-state index < -0.39 is 18.0 Å². The molecule has 1 fully saturated rings. The highest BCUT2D eigenvalue weighted by atomic mass is 19.1. The van der Waals surface area contributed by atoms with Crippen molar-refractivity contribution in [3.8, 4) is 11.1 Å². The van der Waals surface area contributed by atoms with Gasteiger partial charge in [0, 0.05) is 30.9 Å². The average Bonchev–Trinajstić information content (AvgIpc) is 3.29. The molecule has 202 valence electrons. The first-order valence-corrected chi connectivity index (χ1v) is 13.3. The van der Waals surface area contributed by atoms with Gasteiger partial charge in [0.1, 0.15) is 5.82 Å². The molecule has 0 amide bonds. The van der Waals surface area contributed by atoms with Gasteiger partial charge in [-0.25, -0.2) is 4.39 Å². The topological polar surface area (TPSA) is 93.9 Å². The molecule has 0 radical (unpaired) electrons. The number of carboxylic acid groups (broad SMARTS) is 1. The van der Waals surface area contributed by atoms with Crippen molar-refractivity contribution in [1.29, 1.82) is 0 Å². The lowest BCUT2D eigenvalue weighted by molar-refractivity contribution is -0.141. The smallest absolute Gasteiger partial charge is 0.306 e. The summed E-state index contributed by atoms with van der Waals surface area (Å²) in [7, 11) is 0. The molecule has 6 nitrogen and oxygen atoms in total. The zero-order chi connectivity index (χ0) is 27.4. The van der Waals surface area contributed by atoms with Crippen LogP contribution in [-0.2, 0) is 24.2 Å². The maximum atomic E-state index is 14.8. The van der Waals surface area contributed by atoms with E-state index in [2.05, 4.69) is 9.88 Å². The van der Waals surface area contributed by atoms with Crippen LogP contribution in [0.25, 0.3) is 11.1 Å². The summed E-state index contributed by atoms with van der Waals surface area (Å²) < 4.78 is 14.8. The first-order chi connectivity index (χ1) is 18.1. The summed E-state index contributed by atoms with van der Waals surface area (Å²) in [4.78, 5) is 17.4. The molecule has 3 aromatic rings. The van der Waals surface area contributed by atoms with Crippen LogP contribution < -0.4 is 0 Å². The second kappa shape index (κ2) is 12.2. The lowest BCUT2D eigenvalue weighted by atomic mass is 9.92. The zero-order valence-corrected chi connectivity index (χ0v) is 22.3. The first kappa shape index (κ1) is 27.9. The lowest BCUT2D eigenvalue weighted by Gasteiger charge is -2.21. The van der Waals surface area contributed by atoms with Crippen molar-refractivity contribution >= 4 is 5.97 Å². The van der Waals surface area contributed by atoms with Crippen molar-refractivity contribution in [3.05, 3.63) is 88.0 Å². The van der Waals surface area contributed by atoms with Gasteiger partial charge in [0.05, 0.1) is 24.3 Å². The Balaban J connectivity index is 1.52. The fraction of sp³-hybridized carbons (Fsp3) is 0.419. The van der Waals surface area contributed by atoms with E-state index in [0.29, 0.717) is 44.3 Å². The molecule has 3 atom stereocenters. The van der Waals surface area contributed by atoms with Crippen molar-refractivity contribution in [2.45, 2.75) is 65.2 Å². The molecule has 2 heterocycles. The standard InChI is InChI=1S/C31H37FN2O4/c1-19-12-22(13-20(2)31(37)38)4-5-23(19)7-9-30(36)24-6-8-27(28-14-21(3)33-16-29(28)32)25(15-24)17-34-11-10-26(35)18-34/h4-6,8,12,14-16,20,26,30,35-36H,7,9-11,13,17-18H2,1-3H3,(H,37,38). The van der Waals surface area contributed by atoms with E-state index in [9.17, 15) is 24.5 Å². The molecule has 0 bridgehead atoms. The van der Waals surface area contributed by atoms with Crippen molar-refractivity contribution in [3.63, 3.8) is 0 Å². The number of β-amino-alcohol motifs (C(OH)–C–C–N with tert-alkyl or cyclic N) is 1. The highest BCUT2D eigenvalue weighted by Crippen LogP contribution is 2.32. The molecule has 3 N–H and O–H groups in total. The number of aryl methyl sites for hydroxylation is 3. The molecule has 3 unspecified atom stereocenters. The molecule has 1 aromatic heterocycles. The third-order valence-corrected chi connectivity index (χ3v) is 7.50. The van der Waals surface area contributed by atoms with Crippen LogP contribution in [0.5, 0.6) is 0 Å². The number of aliphatic hydroxyl groups excluding tert-OH is 2. The Morgan fingerprint density at radius 2 is 1.92 bits per heavy atom. The minimum atomic E-state index is -0.803. The maximum Gasteiger partial charge on any atom is 0.306 e. The second-order valence-electron chi connectivity index (χ2n) is 10.7. The van der Waals surface area contributed by atoms with Gasteiger partial charge in [0.15, 0.2) is 0 Å². The van der Waals surface area contributed by atoms with E-state index in [-0.39, 0.29) is 11.9 Å². The minimum absolute atomic E-state index is 0.353. The molecular weight excluding hydrogens is 483 g/mol. The van der Waals surface area contributed by atoms with E-state index >= 15 is 0 Å². The number of carbonyl (C=O) groups is 1. The molecule has 0 spiro atoms. The Kier molecular flexibility index (Phi) is 8.92. The van der Waals surface area contributed by atoms with Crippen LogP contribution >= 0.6 is 0 Å². The quantitative estimate of drug-likeness (QED) is 0.348. The van der Waals surface area contributed by atoms with Gasteiger partial charge >= 0.3 is 5.97 Å². The number of aromatic nitrogens is 1. The van der Waals surface area contributed by atoms with Crippen LogP contribution in [0.15, 0.2) is 48.7 Å². The highest BCUT2D eigenvalue weighted by molar-refractivity contribution is 5.70. The summed E-state index contributed by atoms with van der Waals surface area (Å²) in [5, 5.41) is 30.3. The van der Waals surface area contributed by atoms with Gasteiger partial charge in [0.2, 0.25) is 0 Å². The third-order valence-electron chi connectivity index (χ3n) is 7.50. The Labute approximate surface area is 223 Å². The average molecular weight is 521 g/mol. The second-order valence-corrected chi connectivity index (χ2v) is 10.7. The van der Waals surface area contributed by atoms with Crippen LogP contribution in [0.3, 0.4) is 0 Å². The van der Waals surface area contributed by atoms with Crippen molar-refractivity contribution in [2.75, 3.05) is 13.1 Å². The summed E-state index contributed by atoms with van der Waals surface area (Å²) in [6.07, 6.45) is 2.60. The predicted octanol–water partition coefficient (Wildman–Crippen LogP) is 5.00. The number of pyridine rings is 1. The lowest BCUT2D eigenvalue weighted by Crippen LogP contribution is -2.22. The number of nitrogens with zero attached hydrogens (tertiary/aromatic N) is 2. The molecule has 7 heteroatoms. The van der Waals surface area contributed by atoms with Gasteiger partial charge < -0.3 is 15.3 Å². The Morgan fingerprint density at radius 1 is 1.13 bits per heavy atom. The summed E-state index contributed by atoms with van der Waals surface area (Å²) in [6, 6.07) is 13.5. The molecule has 0 saturated carbocycles. The number of hydrogen-bond donors (Lipinski definition) is 3. The van der Waals surface area contributed by atoms with Gasteiger partial charge in [-0.3, -0.25) is 14.7 Å². The van der Waals surface area contributed by atoms with Crippen LogP contribution in [0.4, 0.5) is 4.39 Å². The van der Waals surface area contributed by atoms with Gasteiger partial charge in [0.25, 0.3) is 0 Å². The van der Waals surface area contributed by atoms with Crippen LogP contribution in [0.2, 0.25) is 0 Å². The Bertz CT molecular complexity index is 1290.